The SMILES string of the molecule is Cc1ccc(OC(C)c2nnc(SCC(=O)Nc3cccc(Cl)c3Cl)n2C)c(C)c1. The number of anilines is 1. The Morgan fingerprint density at radius 2 is 2.00 bits per heavy atom. The van der Waals surface area contributed by atoms with Gasteiger partial charge in [0.05, 0.1) is 21.5 Å². The molecule has 3 aromatic rings. The van der Waals surface area contributed by atoms with E-state index in [-0.39, 0.29) is 17.8 Å². The van der Waals surface area contributed by atoms with E-state index in [4.69, 9.17) is 27.9 Å². The first-order valence-electron chi connectivity index (χ1n) is 9.26. The minimum Gasteiger partial charge on any atom is -0.482 e. The van der Waals surface area contributed by atoms with Gasteiger partial charge in [-0.2, -0.15) is 0 Å². The van der Waals surface area contributed by atoms with Gasteiger partial charge in [0.25, 0.3) is 0 Å². The van der Waals surface area contributed by atoms with Gasteiger partial charge in [-0.05, 0) is 44.5 Å². The number of halogens is 2. The summed E-state index contributed by atoms with van der Waals surface area (Å²) in [7, 11) is 1.85. The summed E-state index contributed by atoms with van der Waals surface area (Å²) in [5.74, 6) is 1.42. The summed E-state index contributed by atoms with van der Waals surface area (Å²) in [5.41, 5.74) is 2.72. The van der Waals surface area contributed by atoms with Crippen molar-refractivity contribution in [2.45, 2.75) is 32.0 Å². The van der Waals surface area contributed by atoms with Crippen LogP contribution in [0, 0.1) is 13.8 Å². The van der Waals surface area contributed by atoms with Crippen molar-refractivity contribution in [2.24, 2.45) is 7.05 Å². The molecule has 158 valence electrons. The van der Waals surface area contributed by atoms with Gasteiger partial charge in [-0.1, -0.05) is 58.7 Å². The zero-order valence-corrected chi connectivity index (χ0v) is 19.4. The lowest BCUT2D eigenvalue weighted by Crippen LogP contribution is -2.15. The maximum atomic E-state index is 12.3. The van der Waals surface area contributed by atoms with Gasteiger partial charge < -0.3 is 14.6 Å². The first-order valence-corrected chi connectivity index (χ1v) is 11.0. The molecule has 1 aromatic heterocycles. The normalized spacial score (nSPS) is 11.9. The fourth-order valence-electron chi connectivity index (χ4n) is 2.90. The maximum absolute atomic E-state index is 12.3. The number of ether oxygens (including phenoxy) is 1. The van der Waals surface area contributed by atoms with Crippen molar-refractivity contribution in [1.29, 1.82) is 0 Å². The van der Waals surface area contributed by atoms with E-state index in [0.29, 0.717) is 26.7 Å². The van der Waals surface area contributed by atoms with Crippen molar-refractivity contribution in [3.8, 4) is 5.75 Å². The van der Waals surface area contributed by atoms with E-state index in [9.17, 15) is 4.79 Å². The van der Waals surface area contributed by atoms with Crippen LogP contribution in [0.3, 0.4) is 0 Å². The Morgan fingerprint density at radius 3 is 2.73 bits per heavy atom. The second-order valence-electron chi connectivity index (χ2n) is 6.87. The molecule has 0 fully saturated rings. The number of nitrogens with zero attached hydrogens (tertiary/aromatic N) is 3. The van der Waals surface area contributed by atoms with Gasteiger partial charge in [0.15, 0.2) is 17.1 Å². The van der Waals surface area contributed by atoms with Crippen LogP contribution in [0.4, 0.5) is 5.69 Å². The highest BCUT2D eigenvalue weighted by atomic mass is 35.5. The van der Waals surface area contributed by atoms with Gasteiger partial charge in [0, 0.05) is 7.05 Å². The highest BCUT2D eigenvalue weighted by Gasteiger charge is 2.19. The van der Waals surface area contributed by atoms with E-state index in [0.717, 1.165) is 11.3 Å². The van der Waals surface area contributed by atoms with E-state index in [1.165, 1.54) is 17.3 Å². The third kappa shape index (κ3) is 5.28. The molecule has 0 radical (unpaired) electrons. The molecule has 3 rings (SSSR count). The molecule has 0 spiro atoms. The van der Waals surface area contributed by atoms with E-state index < -0.39 is 0 Å². The summed E-state index contributed by atoms with van der Waals surface area (Å²) in [5, 5.41) is 12.5. The minimum absolute atomic E-state index is 0.154. The van der Waals surface area contributed by atoms with Gasteiger partial charge >= 0.3 is 0 Å². The van der Waals surface area contributed by atoms with E-state index in [2.05, 4.69) is 21.6 Å². The number of aromatic nitrogens is 3. The van der Waals surface area contributed by atoms with Crippen LogP contribution < -0.4 is 10.1 Å². The van der Waals surface area contributed by atoms with Crippen LogP contribution in [0.5, 0.6) is 5.75 Å². The monoisotopic (exact) mass is 464 g/mol. The first kappa shape index (κ1) is 22.5. The summed E-state index contributed by atoms with van der Waals surface area (Å²) in [6.07, 6.45) is -0.294. The number of amides is 1. The van der Waals surface area contributed by atoms with Crippen LogP contribution in [0.15, 0.2) is 41.6 Å². The Hall–Kier alpha value is -2.22. The highest BCUT2D eigenvalue weighted by molar-refractivity contribution is 7.99. The molecule has 0 aliphatic heterocycles. The summed E-state index contributed by atoms with van der Waals surface area (Å²) in [6, 6.07) is 11.1. The van der Waals surface area contributed by atoms with Gasteiger partial charge in [-0.3, -0.25) is 4.79 Å². The predicted octanol–water partition coefficient (Wildman–Crippen LogP) is 5.61. The van der Waals surface area contributed by atoms with Crippen molar-refractivity contribution in [2.75, 3.05) is 11.1 Å². The quantitative estimate of drug-likeness (QED) is 0.460. The number of thioether (sulfide) groups is 1. The van der Waals surface area contributed by atoms with Crippen LogP contribution in [0.1, 0.15) is 30.0 Å². The average molecular weight is 465 g/mol. The summed E-state index contributed by atoms with van der Waals surface area (Å²) in [6.45, 7) is 5.98. The molecule has 1 unspecified atom stereocenters. The van der Waals surface area contributed by atoms with Crippen molar-refractivity contribution in [3.05, 3.63) is 63.4 Å². The van der Waals surface area contributed by atoms with Gasteiger partial charge in [0.1, 0.15) is 5.75 Å². The lowest BCUT2D eigenvalue weighted by Gasteiger charge is -2.16. The Bertz CT molecular complexity index is 1070. The van der Waals surface area contributed by atoms with Crippen LogP contribution in [-0.4, -0.2) is 26.4 Å². The molecular formula is C21H22Cl2N4O2S. The fraction of sp³-hybridized carbons (Fsp3) is 0.286. The fourth-order valence-corrected chi connectivity index (χ4v) is 3.96. The molecule has 30 heavy (non-hydrogen) atoms. The molecule has 1 heterocycles. The average Bonchev–Trinajstić information content (AvgIpc) is 3.06. The van der Waals surface area contributed by atoms with E-state index >= 15 is 0 Å². The summed E-state index contributed by atoms with van der Waals surface area (Å²) >= 11 is 13.4. The number of rotatable bonds is 7. The first-order chi connectivity index (χ1) is 14.3. The topological polar surface area (TPSA) is 69.0 Å². The zero-order valence-electron chi connectivity index (χ0n) is 17.1. The van der Waals surface area contributed by atoms with E-state index in [1.54, 1.807) is 18.2 Å². The van der Waals surface area contributed by atoms with E-state index in [1.807, 2.05) is 44.5 Å². The van der Waals surface area contributed by atoms with Gasteiger partial charge in [-0.25, -0.2) is 0 Å². The maximum Gasteiger partial charge on any atom is 0.234 e. The molecule has 0 bridgehead atoms. The van der Waals surface area contributed by atoms with Crippen LogP contribution >= 0.6 is 35.0 Å². The molecule has 1 atom stereocenters. The molecule has 0 aliphatic carbocycles. The molecule has 1 amide bonds. The van der Waals surface area contributed by atoms with Crippen molar-refractivity contribution >= 4 is 46.6 Å². The van der Waals surface area contributed by atoms with Crippen molar-refractivity contribution in [3.63, 3.8) is 0 Å². The lowest BCUT2D eigenvalue weighted by molar-refractivity contribution is -0.113. The standard InChI is InChI=1S/C21H22Cl2N4O2S/c1-12-8-9-17(13(2)10-12)29-14(3)20-25-26-21(27(20)4)30-11-18(28)24-16-7-5-6-15(22)19(16)23/h5-10,14H,11H2,1-4H3,(H,24,28). The lowest BCUT2D eigenvalue weighted by atomic mass is 10.1. The zero-order chi connectivity index (χ0) is 21.8. The molecular weight excluding hydrogens is 443 g/mol. The summed E-state index contributed by atoms with van der Waals surface area (Å²) in [4.78, 5) is 12.3. The molecule has 0 saturated carbocycles. The second kappa shape index (κ2) is 9.73. The number of carbonyl (C=O) groups is 1. The van der Waals surface area contributed by atoms with Gasteiger partial charge in [0.2, 0.25) is 5.91 Å². The number of hydrogen-bond acceptors (Lipinski definition) is 5. The third-order valence-electron chi connectivity index (χ3n) is 4.42. The largest absolute Gasteiger partial charge is 0.482 e. The van der Waals surface area contributed by atoms with Crippen molar-refractivity contribution < 1.29 is 9.53 Å². The molecule has 9 heteroatoms. The highest BCUT2D eigenvalue weighted by Crippen LogP contribution is 2.30. The molecule has 6 nitrogen and oxygen atoms in total. The predicted molar refractivity (Wildman–Crippen MR) is 122 cm³/mol. The Balaban J connectivity index is 1.62. The minimum atomic E-state index is -0.294. The smallest absolute Gasteiger partial charge is 0.234 e. The number of carbonyl (C=O) groups excluding carboxylic acids is 1. The summed E-state index contributed by atoms with van der Waals surface area (Å²) < 4.78 is 7.90. The molecule has 0 aliphatic rings. The Kier molecular flexibility index (Phi) is 7.28. The number of benzene rings is 2. The number of nitrogens with one attached hydrogen (secondary N) is 1. The van der Waals surface area contributed by atoms with Crippen LogP contribution in [-0.2, 0) is 11.8 Å². The third-order valence-corrected chi connectivity index (χ3v) is 6.26. The van der Waals surface area contributed by atoms with Gasteiger partial charge in [-0.15, -0.1) is 10.2 Å². The van der Waals surface area contributed by atoms with Crippen molar-refractivity contribution in [1.82, 2.24) is 14.8 Å². The number of aryl methyl sites for hydroxylation is 2. The molecule has 1 N–H and O–H groups in total. The Morgan fingerprint density at radius 1 is 1.23 bits per heavy atom. The molecule has 2 aromatic carbocycles. The second-order valence-corrected chi connectivity index (χ2v) is 8.59. The van der Waals surface area contributed by atoms with Crippen LogP contribution in [0.25, 0.3) is 0 Å². The number of hydrogen-bond donors (Lipinski definition) is 1. The molecule has 0 saturated heterocycles. The Labute approximate surface area is 189 Å². The van der Waals surface area contributed by atoms with Crippen LogP contribution in [0.2, 0.25) is 10.0 Å².